The van der Waals surface area contributed by atoms with Crippen molar-refractivity contribution in [1.82, 2.24) is 24.8 Å². The minimum absolute atomic E-state index is 0.0433. The topological polar surface area (TPSA) is 102 Å². The number of pyridine rings is 1. The Morgan fingerprint density at radius 3 is 2.48 bits per heavy atom. The fraction of sp³-hybridized carbons (Fsp3) is 0.608. The van der Waals surface area contributed by atoms with Gasteiger partial charge in [-0.1, -0.05) is 71.7 Å². The summed E-state index contributed by atoms with van der Waals surface area (Å²) in [4.78, 5) is 34.7. The molecule has 348 valence electrons. The Bertz CT molecular complexity index is 2660. The Labute approximate surface area is 388 Å². The highest BCUT2D eigenvalue weighted by Gasteiger charge is 2.54. The van der Waals surface area contributed by atoms with Gasteiger partial charge in [-0.3, -0.25) is 9.80 Å². The number of anilines is 1. The summed E-state index contributed by atoms with van der Waals surface area (Å²) in [5.41, 5.74) is 3.94. The Morgan fingerprint density at radius 1 is 1.03 bits per heavy atom. The molecule has 11 nitrogen and oxygen atoms in total. The highest BCUT2D eigenvalue weighted by molar-refractivity contribution is 6.90. The van der Waals surface area contributed by atoms with Crippen molar-refractivity contribution >= 4 is 41.7 Å². The van der Waals surface area contributed by atoms with Crippen LogP contribution in [-0.4, -0.2) is 114 Å². The number of nitrogens with zero attached hydrogens (tertiary/aromatic N) is 6. The molecule has 2 aromatic carbocycles. The summed E-state index contributed by atoms with van der Waals surface area (Å²) in [5, 5.41) is 1.40. The van der Waals surface area contributed by atoms with Crippen molar-refractivity contribution in [1.29, 1.82) is 0 Å². The Balaban J connectivity index is 1.19. The zero-order chi connectivity index (χ0) is 48.8. The van der Waals surface area contributed by atoms with Crippen LogP contribution in [0.4, 0.5) is 19.4 Å². The molecule has 0 radical (unpaired) electrons. The normalized spacial score (nSPS) is 24.8. The van der Waals surface area contributed by atoms with Crippen molar-refractivity contribution in [2.24, 2.45) is 5.41 Å². The molecule has 1 unspecified atom stereocenters. The van der Waals surface area contributed by atoms with Crippen molar-refractivity contribution in [3.05, 3.63) is 47.5 Å². The van der Waals surface area contributed by atoms with Crippen LogP contribution >= 0.6 is 0 Å². The molecule has 4 aliphatic heterocycles. The summed E-state index contributed by atoms with van der Waals surface area (Å²) in [6.07, 6.45) is 2.09. The number of halogens is 2. The number of morpholine rings is 1. The van der Waals surface area contributed by atoms with E-state index in [1.165, 1.54) is 6.07 Å². The number of amides is 1. The molecule has 1 amide bonds. The first-order valence-corrected chi connectivity index (χ1v) is 25.8. The van der Waals surface area contributed by atoms with E-state index in [4.69, 9.17) is 38.0 Å². The number of fused-ring (bicyclic) bond motifs is 6. The van der Waals surface area contributed by atoms with Crippen LogP contribution in [0.3, 0.4) is 0 Å². The van der Waals surface area contributed by atoms with Crippen molar-refractivity contribution in [2.75, 3.05) is 44.4 Å². The molecular weight excluding hydrogens is 843 g/mol. The monoisotopic (exact) mass is 912 g/mol. The largest absolute Gasteiger partial charge is 0.472 e. The summed E-state index contributed by atoms with van der Waals surface area (Å²) in [6, 6.07) is 6.78. The van der Waals surface area contributed by atoms with Gasteiger partial charge in [0.2, 0.25) is 5.88 Å². The predicted molar refractivity (Wildman–Crippen MR) is 253 cm³/mol. The van der Waals surface area contributed by atoms with E-state index < -0.39 is 56.4 Å². The molecule has 65 heavy (non-hydrogen) atoms. The van der Waals surface area contributed by atoms with Crippen molar-refractivity contribution in [3.63, 3.8) is 0 Å². The predicted octanol–water partition coefficient (Wildman–Crippen LogP) is 10.3. The molecule has 1 saturated carbocycles. The third-order valence-corrected chi connectivity index (χ3v) is 21.1. The fourth-order valence-electron chi connectivity index (χ4n) is 11.5. The molecule has 5 aliphatic rings. The summed E-state index contributed by atoms with van der Waals surface area (Å²) < 4.78 is 83.9. The molecule has 3 saturated heterocycles. The maximum absolute atomic E-state index is 18.1. The Kier molecular flexibility index (Phi) is 10.9. The molecule has 4 aromatic rings. The number of hydrogen-bond acceptors (Lipinski definition) is 10. The van der Waals surface area contributed by atoms with Gasteiger partial charge in [0.15, 0.2) is 5.82 Å². The van der Waals surface area contributed by atoms with Crippen LogP contribution in [0.25, 0.3) is 32.9 Å². The van der Waals surface area contributed by atoms with Gasteiger partial charge in [0.1, 0.15) is 48.0 Å². The number of benzene rings is 2. The van der Waals surface area contributed by atoms with E-state index in [0.717, 1.165) is 19.3 Å². The number of aromatic nitrogens is 3. The van der Waals surface area contributed by atoms with Gasteiger partial charge in [-0.2, -0.15) is 9.97 Å². The smallest absolute Gasteiger partial charge is 0.410 e. The summed E-state index contributed by atoms with van der Waals surface area (Å²) in [7, 11) is -2.32. The standard InChI is InChI=1S/C51H66F2N6O5Si/c1-29(2)65(30(3)4,31(5)6)24-19-36-38(52)17-15-34-13-12-14-37(40(34)36)43-42(53)44-41-46(56-48(55-44)62-28-51(20-21-51)27-57-22-23-61-26-32(57)7)58-25-35-16-18-39(45(58)33(8)63-47(41)54-43)59(35)49(60)64-50(9,10)11/h12-15,17,29-33,35,39,45H,16,18,20-23,25-28H2,1-11H3/t32?,33-,35+,39-,45+/m0/s1/i7D3. The molecule has 5 atom stereocenters. The first-order valence-electron chi connectivity index (χ1n) is 25.1. The zero-order valence-corrected chi connectivity index (χ0v) is 40.6. The van der Waals surface area contributed by atoms with Gasteiger partial charge in [-0.25, -0.2) is 18.6 Å². The average Bonchev–Trinajstić information content (AvgIpc) is 3.97. The molecule has 2 bridgehead atoms. The van der Waals surface area contributed by atoms with Gasteiger partial charge >= 0.3 is 12.1 Å². The Morgan fingerprint density at radius 2 is 1.78 bits per heavy atom. The highest BCUT2D eigenvalue weighted by atomic mass is 28.3. The second kappa shape index (κ2) is 16.9. The lowest BCUT2D eigenvalue weighted by molar-refractivity contribution is -0.0134. The maximum Gasteiger partial charge on any atom is 0.410 e. The second-order valence-corrected chi connectivity index (χ2v) is 26.7. The zero-order valence-electron chi connectivity index (χ0n) is 42.6. The van der Waals surface area contributed by atoms with Crippen LogP contribution in [-0.2, 0) is 9.47 Å². The number of hydrogen-bond donors (Lipinski definition) is 0. The number of ether oxygens (including phenoxy) is 4. The van der Waals surface area contributed by atoms with Crippen molar-refractivity contribution in [3.8, 4) is 34.6 Å². The first-order chi connectivity index (χ1) is 32.0. The number of piperazine rings is 1. The van der Waals surface area contributed by atoms with Crippen LogP contribution in [0.15, 0.2) is 30.3 Å². The van der Waals surface area contributed by atoms with Crippen LogP contribution in [0.1, 0.15) is 111 Å². The molecule has 1 aliphatic carbocycles. The number of rotatable bonds is 9. The van der Waals surface area contributed by atoms with Crippen LogP contribution in [0.5, 0.6) is 11.9 Å². The lowest BCUT2D eigenvalue weighted by Gasteiger charge is -2.48. The first kappa shape index (κ1) is 41.8. The molecule has 4 fully saturated rings. The van der Waals surface area contributed by atoms with Gasteiger partial charge in [-0.15, -0.1) is 5.54 Å². The van der Waals surface area contributed by atoms with Gasteiger partial charge in [-0.05, 0) is 88.3 Å². The molecule has 14 heteroatoms. The van der Waals surface area contributed by atoms with E-state index in [0.29, 0.717) is 71.4 Å². The van der Waals surface area contributed by atoms with Crippen molar-refractivity contribution < 1.29 is 36.6 Å². The van der Waals surface area contributed by atoms with E-state index in [1.54, 1.807) is 18.2 Å². The van der Waals surface area contributed by atoms with Crippen LogP contribution < -0.4 is 14.4 Å². The Hall–Kier alpha value is -4.58. The number of carbonyl (C=O) groups excluding carboxylic acids is 1. The summed E-state index contributed by atoms with van der Waals surface area (Å²) in [5.74, 6) is 2.62. The van der Waals surface area contributed by atoms with Gasteiger partial charge < -0.3 is 23.8 Å². The third kappa shape index (κ3) is 8.11. The van der Waals surface area contributed by atoms with E-state index in [1.807, 2.05) is 43.6 Å². The quantitative estimate of drug-likeness (QED) is 0.119. The highest BCUT2D eigenvalue weighted by Crippen LogP contribution is 2.50. The van der Waals surface area contributed by atoms with E-state index >= 15 is 8.78 Å². The number of carbonyl (C=O) groups is 1. The SMILES string of the molecule is [2H]C([2H])([2H])C1COCCN1CC1(COc2nc3c4c(nc(-c5cccc6ccc(F)c(C#C[Si](C(C)C)(C(C)C)C(C)C)c56)c(F)c4n2)O[C@@H](C)[C@@H]2[C@@H]4CC[C@H](CN32)N4C(=O)OC(C)(C)C)CC1. The molecule has 9 rings (SSSR count). The second-order valence-electron chi connectivity index (χ2n) is 21.1. The minimum atomic E-state index is -2.32. The third-order valence-electron chi connectivity index (χ3n) is 14.8. The minimum Gasteiger partial charge on any atom is -0.472 e. The van der Waals surface area contributed by atoms with Crippen molar-refractivity contribution in [2.45, 2.75) is 154 Å². The van der Waals surface area contributed by atoms with E-state index in [9.17, 15) is 4.79 Å². The van der Waals surface area contributed by atoms with Crippen LogP contribution in [0, 0.1) is 28.5 Å². The molecule has 2 aromatic heterocycles. The van der Waals surface area contributed by atoms with Crippen LogP contribution in [0.2, 0.25) is 16.6 Å². The molecule has 6 heterocycles. The van der Waals surface area contributed by atoms with Gasteiger partial charge in [0.25, 0.3) is 0 Å². The lowest BCUT2D eigenvalue weighted by atomic mass is 9.96. The summed E-state index contributed by atoms with van der Waals surface area (Å²) in [6.45, 7) is 20.6. The summed E-state index contributed by atoms with van der Waals surface area (Å²) >= 11 is 0. The van der Waals surface area contributed by atoms with Gasteiger partial charge in [0.05, 0.1) is 43.5 Å². The van der Waals surface area contributed by atoms with E-state index in [2.05, 4.69) is 57.9 Å². The molecule has 0 spiro atoms. The fourth-order valence-corrected chi connectivity index (χ4v) is 16.7. The van der Waals surface area contributed by atoms with Gasteiger partial charge in [0, 0.05) is 46.2 Å². The molecule has 0 N–H and O–H groups in total. The molecular formula is C51H66F2N6O5Si. The average molecular weight is 912 g/mol. The maximum atomic E-state index is 18.1. The lowest BCUT2D eigenvalue weighted by Crippen LogP contribution is -2.65. The van der Waals surface area contributed by atoms with E-state index in [-0.39, 0.29) is 64.8 Å².